The van der Waals surface area contributed by atoms with E-state index in [0.29, 0.717) is 42.7 Å². The van der Waals surface area contributed by atoms with Gasteiger partial charge in [0.25, 0.3) is 0 Å². The zero-order chi connectivity index (χ0) is 25.1. The zero-order valence-corrected chi connectivity index (χ0v) is 22.1. The van der Waals surface area contributed by atoms with E-state index >= 15 is 0 Å². The van der Waals surface area contributed by atoms with Crippen LogP contribution in [0.1, 0.15) is 15.9 Å². The Balaban J connectivity index is 1.49. The van der Waals surface area contributed by atoms with Crippen LogP contribution < -0.4 is 5.32 Å². The first kappa shape index (κ1) is 25.2. The van der Waals surface area contributed by atoms with Gasteiger partial charge in [-0.2, -0.15) is 0 Å². The third-order valence-corrected chi connectivity index (χ3v) is 7.60. The molecule has 4 aromatic rings. The van der Waals surface area contributed by atoms with Crippen LogP contribution in [0.15, 0.2) is 53.0 Å². The Labute approximate surface area is 220 Å². The highest BCUT2D eigenvalue weighted by molar-refractivity contribution is 7.99. The summed E-state index contributed by atoms with van der Waals surface area (Å²) in [5.41, 5.74) is 3.71. The molecule has 0 saturated heterocycles. The van der Waals surface area contributed by atoms with E-state index in [0.717, 1.165) is 11.1 Å². The highest BCUT2D eigenvalue weighted by Gasteiger charge is 2.23. The number of hydrogen-bond acceptors (Lipinski definition) is 7. The largest absolute Gasteiger partial charge is 0.465 e. The third-order valence-electron chi connectivity index (χ3n) is 5.14. The number of methoxy groups -OCH3 is 1. The predicted molar refractivity (Wildman–Crippen MR) is 142 cm³/mol. The molecule has 0 atom stereocenters. The fourth-order valence-corrected chi connectivity index (χ4v) is 5.52. The van der Waals surface area contributed by atoms with Crippen LogP contribution >= 0.6 is 46.3 Å². The maximum atomic E-state index is 12.7. The second-order valence-electron chi connectivity index (χ2n) is 7.54. The molecular weight excluding hydrogens is 527 g/mol. The van der Waals surface area contributed by atoms with Gasteiger partial charge in [-0.15, -0.1) is 21.5 Å². The van der Waals surface area contributed by atoms with E-state index in [-0.39, 0.29) is 11.7 Å². The first-order valence-corrected chi connectivity index (χ1v) is 12.9. The van der Waals surface area contributed by atoms with Gasteiger partial charge in [0.05, 0.1) is 17.9 Å². The molecule has 2 aromatic heterocycles. The lowest BCUT2D eigenvalue weighted by Crippen LogP contribution is -2.16. The average molecular weight is 547 g/mol. The number of benzene rings is 2. The fraction of sp³-hybridized carbons (Fsp3) is 0.167. The number of rotatable bonds is 7. The van der Waals surface area contributed by atoms with Gasteiger partial charge in [-0.1, -0.05) is 64.8 Å². The van der Waals surface area contributed by atoms with E-state index < -0.39 is 5.97 Å². The summed E-state index contributed by atoms with van der Waals surface area (Å²) in [7, 11) is 3.11. The molecule has 1 amide bonds. The van der Waals surface area contributed by atoms with Gasteiger partial charge in [-0.25, -0.2) is 4.79 Å². The van der Waals surface area contributed by atoms with Crippen molar-refractivity contribution in [2.75, 3.05) is 18.2 Å². The quantitative estimate of drug-likeness (QED) is 0.215. The van der Waals surface area contributed by atoms with Gasteiger partial charge in [0.1, 0.15) is 10.6 Å². The monoisotopic (exact) mass is 546 g/mol. The molecule has 0 aliphatic rings. The number of nitrogens with one attached hydrogen (secondary N) is 1. The first-order chi connectivity index (χ1) is 16.8. The predicted octanol–water partition coefficient (Wildman–Crippen LogP) is 6.34. The number of carbonyl (C=O) groups is 2. The Morgan fingerprint density at radius 2 is 1.86 bits per heavy atom. The molecule has 11 heteroatoms. The molecule has 4 rings (SSSR count). The van der Waals surface area contributed by atoms with Crippen LogP contribution in [-0.4, -0.2) is 39.5 Å². The third kappa shape index (κ3) is 5.54. The van der Waals surface area contributed by atoms with Crippen molar-refractivity contribution in [2.45, 2.75) is 12.1 Å². The number of ether oxygens (including phenoxy) is 1. The van der Waals surface area contributed by atoms with E-state index in [1.807, 2.05) is 36.6 Å². The van der Waals surface area contributed by atoms with Crippen LogP contribution in [0.4, 0.5) is 5.00 Å². The maximum absolute atomic E-state index is 12.7. The molecule has 2 aromatic carbocycles. The molecule has 0 unspecified atom stereocenters. The summed E-state index contributed by atoms with van der Waals surface area (Å²) in [6.07, 6.45) is 0. The molecule has 2 heterocycles. The summed E-state index contributed by atoms with van der Waals surface area (Å²) >= 11 is 14.8. The highest BCUT2D eigenvalue weighted by Crippen LogP contribution is 2.36. The van der Waals surface area contributed by atoms with Crippen molar-refractivity contribution in [2.24, 2.45) is 7.05 Å². The number of thioether (sulfide) groups is 1. The van der Waals surface area contributed by atoms with Crippen LogP contribution in [0.3, 0.4) is 0 Å². The van der Waals surface area contributed by atoms with Crippen molar-refractivity contribution < 1.29 is 14.3 Å². The van der Waals surface area contributed by atoms with E-state index in [4.69, 9.17) is 27.9 Å². The molecule has 35 heavy (non-hydrogen) atoms. The molecule has 0 radical (unpaired) electrons. The van der Waals surface area contributed by atoms with Crippen molar-refractivity contribution >= 4 is 63.2 Å². The van der Waals surface area contributed by atoms with Crippen molar-refractivity contribution in [3.63, 3.8) is 0 Å². The van der Waals surface area contributed by atoms with Gasteiger partial charge in [0.15, 0.2) is 11.0 Å². The van der Waals surface area contributed by atoms with Crippen LogP contribution in [0, 0.1) is 6.92 Å². The normalized spacial score (nSPS) is 10.9. The number of carbonyl (C=O) groups excluding carboxylic acids is 2. The number of aryl methyl sites for hydroxylation is 1. The van der Waals surface area contributed by atoms with Gasteiger partial charge in [0.2, 0.25) is 5.91 Å². The number of aromatic nitrogens is 3. The Kier molecular flexibility index (Phi) is 7.81. The van der Waals surface area contributed by atoms with E-state index in [9.17, 15) is 9.59 Å². The van der Waals surface area contributed by atoms with Crippen LogP contribution in [0.25, 0.3) is 22.5 Å². The molecular formula is C24H20Cl2N4O3S2. The van der Waals surface area contributed by atoms with Crippen LogP contribution in [-0.2, 0) is 16.6 Å². The first-order valence-electron chi connectivity index (χ1n) is 10.3. The Morgan fingerprint density at radius 1 is 1.11 bits per heavy atom. The SMILES string of the molecule is COC(=O)c1c(-c2ccc(C)cc2)csc1NC(=O)CSc1nnc(-c2ccc(Cl)cc2Cl)n1C. The number of anilines is 1. The second-order valence-corrected chi connectivity index (χ2v) is 10.2. The number of thiophene rings is 1. The van der Waals surface area contributed by atoms with Gasteiger partial charge >= 0.3 is 5.97 Å². The summed E-state index contributed by atoms with van der Waals surface area (Å²) in [6.45, 7) is 1.99. The Hall–Kier alpha value is -2.85. The summed E-state index contributed by atoms with van der Waals surface area (Å²) in [5, 5.41) is 15.0. The van der Waals surface area contributed by atoms with Gasteiger partial charge in [-0.3, -0.25) is 4.79 Å². The molecule has 0 aliphatic heterocycles. The number of halogens is 2. The standard InChI is InChI=1S/C24H20Cl2N4O3S2/c1-13-4-6-14(7-5-13)17-11-34-22(20(17)23(32)33-3)27-19(31)12-35-24-29-28-21(30(24)2)16-9-8-15(25)10-18(16)26/h4-11H,12H2,1-3H3,(H,27,31). The van der Waals surface area contributed by atoms with Gasteiger partial charge in [0, 0.05) is 28.6 Å². The number of esters is 1. The Bertz CT molecular complexity index is 1400. The highest BCUT2D eigenvalue weighted by atomic mass is 35.5. The van der Waals surface area contributed by atoms with Crippen molar-refractivity contribution in [3.05, 3.63) is 69.0 Å². The smallest absolute Gasteiger partial charge is 0.341 e. The van der Waals surface area contributed by atoms with Crippen molar-refractivity contribution in [1.82, 2.24) is 14.8 Å². The number of amides is 1. The second kappa shape index (κ2) is 10.8. The molecule has 0 fully saturated rings. The number of nitrogens with zero attached hydrogens (tertiary/aromatic N) is 3. The van der Waals surface area contributed by atoms with E-state index in [1.165, 1.54) is 30.2 Å². The molecule has 1 N–H and O–H groups in total. The van der Waals surface area contributed by atoms with Crippen molar-refractivity contribution in [3.8, 4) is 22.5 Å². The zero-order valence-electron chi connectivity index (χ0n) is 19.0. The summed E-state index contributed by atoms with van der Waals surface area (Å²) < 4.78 is 6.74. The molecule has 7 nitrogen and oxygen atoms in total. The number of hydrogen-bond donors (Lipinski definition) is 1. The maximum Gasteiger partial charge on any atom is 0.341 e. The summed E-state index contributed by atoms with van der Waals surface area (Å²) in [5.74, 6) is -0.170. The van der Waals surface area contributed by atoms with E-state index in [1.54, 1.807) is 29.8 Å². The Morgan fingerprint density at radius 3 is 2.54 bits per heavy atom. The molecule has 0 aliphatic carbocycles. The molecule has 0 spiro atoms. The molecule has 0 saturated carbocycles. The van der Waals surface area contributed by atoms with Crippen LogP contribution in [0.5, 0.6) is 0 Å². The van der Waals surface area contributed by atoms with Gasteiger partial charge in [-0.05, 0) is 30.7 Å². The average Bonchev–Trinajstić information content (AvgIpc) is 3.41. The summed E-state index contributed by atoms with van der Waals surface area (Å²) in [4.78, 5) is 25.3. The summed E-state index contributed by atoms with van der Waals surface area (Å²) in [6, 6.07) is 12.9. The topological polar surface area (TPSA) is 86.1 Å². The van der Waals surface area contributed by atoms with Crippen LogP contribution in [0.2, 0.25) is 10.0 Å². The lowest BCUT2D eigenvalue weighted by molar-refractivity contribution is -0.113. The lowest BCUT2D eigenvalue weighted by Gasteiger charge is -2.08. The molecule has 180 valence electrons. The molecule has 0 bridgehead atoms. The van der Waals surface area contributed by atoms with Crippen molar-refractivity contribution in [1.29, 1.82) is 0 Å². The fourth-order valence-electron chi connectivity index (χ4n) is 3.34. The lowest BCUT2D eigenvalue weighted by atomic mass is 10.0. The minimum absolute atomic E-state index is 0.0682. The minimum atomic E-state index is -0.512. The van der Waals surface area contributed by atoms with E-state index in [2.05, 4.69) is 15.5 Å². The minimum Gasteiger partial charge on any atom is -0.465 e. The van der Waals surface area contributed by atoms with Gasteiger partial charge < -0.3 is 14.6 Å².